The predicted molar refractivity (Wildman–Crippen MR) is 113 cm³/mol. The maximum absolute atomic E-state index is 13.2. The fraction of sp³-hybridized carbons (Fsp3) is 0.348. The molecule has 1 heterocycles. The number of benzene rings is 2. The van der Waals surface area contributed by atoms with Gasteiger partial charge in [0.25, 0.3) is 0 Å². The first-order valence-electron chi connectivity index (χ1n) is 9.83. The molecule has 154 valence electrons. The van der Waals surface area contributed by atoms with Crippen molar-refractivity contribution < 1.29 is 23.7 Å². The molecule has 3 rings (SSSR count). The van der Waals surface area contributed by atoms with Gasteiger partial charge in [0.1, 0.15) is 19.0 Å². The lowest BCUT2D eigenvalue weighted by Crippen LogP contribution is -2.16. The number of anilines is 1. The molecule has 0 spiro atoms. The van der Waals surface area contributed by atoms with E-state index in [1.165, 1.54) is 0 Å². The number of fused-ring (bicyclic) bond motifs is 1. The van der Waals surface area contributed by atoms with Crippen LogP contribution in [0.3, 0.4) is 0 Å². The second-order valence-corrected chi connectivity index (χ2v) is 6.65. The summed E-state index contributed by atoms with van der Waals surface area (Å²) in [4.78, 5) is 13.2. The van der Waals surface area contributed by atoms with Crippen molar-refractivity contribution in [1.82, 2.24) is 0 Å². The van der Waals surface area contributed by atoms with E-state index in [4.69, 9.17) is 24.7 Å². The molecule has 0 amide bonds. The van der Waals surface area contributed by atoms with Crippen LogP contribution in [0.25, 0.3) is 6.08 Å². The summed E-state index contributed by atoms with van der Waals surface area (Å²) in [5, 5.41) is 0. The number of carbonyl (C=O) groups is 1. The van der Waals surface area contributed by atoms with Crippen molar-refractivity contribution >= 4 is 17.5 Å². The summed E-state index contributed by atoms with van der Waals surface area (Å²) < 4.78 is 22.4. The maximum atomic E-state index is 13.2. The molecule has 29 heavy (non-hydrogen) atoms. The molecule has 0 saturated heterocycles. The van der Waals surface area contributed by atoms with Gasteiger partial charge in [-0.2, -0.15) is 0 Å². The third-order valence-electron chi connectivity index (χ3n) is 4.61. The number of methoxy groups -OCH3 is 1. The van der Waals surface area contributed by atoms with Gasteiger partial charge < -0.3 is 24.7 Å². The van der Waals surface area contributed by atoms with Gasteiger partial charge in [-0.25, -0.2) is 0 Å². The zero-order valence-electron chi connectivity index (χ0n) is 17.1. The molecule has 0 unspecified atom stereocenters. The van der Waals surface area contributed by atoms with E-state index in [1.807, 2.05) is 32.1 Å². The normalized spacial score (nSPS) is 13.1. The van der Waals surface area contributed by atoms with Crippen LogP contribution in [0.4, 0.5) is 5.69 Å². The SMILES string of the molecule is CCC/C(=C\c1ccc2c(c1OC)OCCO2)C(=O)c1ccc(OCC)c(N)c1. The number of carbonyl (C=O) groups excluding carboxylic acids is 1. The summed E-state index contributed by atoms with van der Waals surface area (Å²) in [5.41, 5.74) is 8.47. The summed E-state index contributed by atoms with van der Waals surface area (Å²) in [6, 6.07) is 8.86. The van der Waals surface area contributed by atoms with Crippen LogP contribution < -0.4 is 24.7 Å². The summed E-state index contributed by atoms with van der Waals surface area (Å²) in [7, 11) is 1.58. The molecule has 0 saturated carbocycles. The number of hydrogen-bond acceptors (Lipinski definition) is 6. The Morgan fingerprint density at radius 2 is 1.97 bits per heavy atom. The average molecular weight is 397 g/mol. The lowest BCUT2D eigenvalue weighted by molar-refractivity contribution is 0.103. The van der Waals surface area contributed by atoms with Crippen molar-refractivity contribution in [2.75, 3.05) is 32.7 Å². The molecule has 0 aliphatic carbocycles. The minimum atomic E-state index is -0.0708. The second kappa shape index (κ2) is 9.37. The van der Waals surface area contributed by atoms with Crippen molar-refractivity contribution in [1.29, 1.82) is 0 Å². The topological polar surface area (TPSA) is 80.0 Å². The van der Waals surface area contributed by atoms with E-state index in [9.17, 15) is 4.79 Å². The van der Waals surface area contributed by atoms with E-state index >= 15 is 0 Å². The fourth-order valence-corrected chi connectivity index (χ4v) is 3.30. The zero-order valence-corrected chi connectivity index (χ0v) is 17.1. The summed E-state index contributed by atoms with van der Waals surface area (Å²) >= 11 is 0. The Bertz CT molecular complexity index is 920. The van der Waals surface area contributed by atoms with Gasteiger partial charge in [0, 0.05) is 16.7 Å². The van der Waals surface area contributed by atoms with Gasteiger partial charge in [-0.15, -0.1) is 0 Å². The molecular formula is C23H27NO5. The minimum Gasteiger partial charge on any atom is -0.492 e. The number of ether oxygens (including phenoxy) is 4. The van der Waals surface area contributed by atoms with Crippen molar-refractivity contribution in [3.63, 3.8) is 0 Å². The van der Waals surface area contributed by atoms with E-state index in [2.05, 4.69) is 0 Å². The number of Topliss-reactive ketones (excluding diaryl/α,β-unsaturated/α-hetero) is 1. The Morgan fingerprint density at radius 1 is 1.17 bits per heavy atom. The van der Waals surface area contributed by atoms with E-state index in [1.54, 1.807) is 25.3 Å². The van der Waals surface area contributed by atoms with Crippen LogP contribution in [0.5, 0.6) is 23.0 Å². The van der Waals surface area contributed by atoms with E-state index in [0.29, 0.717) is 66.1 Å². The number of allylic oxidation sites excluding steroid dienone is 1. The van der Waals surface area contributed by atoms with Crippen molar-refractivity contribution in [3.05, 3.63) is 47.0 Å². The molecule has 0 aromatic heterocycles. The number of hydrogen-bond donors (Lipinski definition) is 1. The van der Waals surface area contributed by atoms with Gasteiger partial charge in [-0.05, 0) is 49.8 Å². The van der Waals surface area contributed by atoms with Crippen molar-refractivity contribution in [3.8, 4) is 23.0 Å². The maximum Gasteiger partial charge on any atom is 0.204 e. The zero-order chi connectivity index (χ0) is 20.8. The molecule has 1 aliphatic rings. The molecule has 0 atom stereocenters. The third-order valence-corrected chi connectivity index (χ3v) is 4.61. The first kappa shape index (κ1) is 20.6. The predicted octanol–water partition coefficient (Wildman–Crippen LogP) is 4.51. The molecule has 0 radical (unpaired) electrons. The van der Waals surface area contributed by atoms with Gasteiger partial charge in [0.2, 0.25) is 5.75 Å². The Kier molecular flexibility index (Phi) is 6.65. The van der Waals surface area contributed by atoms with Crippen LogP contribution in [0.15, 0.2) is 35.9 Å². The summed E-state index contributed by atoms with van der Waals surface area (Å²) in [6.07, 6.45) is 3.32. The Balaban J connectivity index is 1.98. The summed E-state index contributed by atoms with van der Waals surface area (Å²) in [6.45, 7) is 5.41. The molecular weight excluding hydrogens is 370 g/mol. The molecule has 6 heteroatoms. The van der Waals surface area contributed by atoms with Crippen LogP contribution in [0, 0.1) is 0 Å². The second-order valence-electron chi connectivity index (χ2n) is 6.65. The first-order chi connectivity index (χ1) is 14.1. The highest BCUT2D eigenvalue weighted by Crippen LogP contribution is 2.42. The Labute approximate surface area is 171 Å². The highest BCUT2D eigenvalue weighted by molar-refractivity contribution is 6.12. The monoisotopic (exact) mass is 397 g/mol. The lowest BCUT2D eigenvalue weighted by atomic mass is 9.96. The number of nitrogen functional groups attached to an aromatic ring is 1. The lowest BCUT2D eigenvalue weighted by Gasteiger charge is -2.21. The summed E-state index contributed by atoms with van der Waals surface area (Å²) in [5.74, 6) is 2.29. The Morgan fingerprint density at radius 3 is 2.66 bits per heavy atom. The highest BCUT2D eigenvalue weighted by Gasteiger charge is 2.21. The molecule has 2 aromatic carbocycles. The average Bonchev–Trinajstić information content (AvgIpc) is 2.74. The van der Waals surface area contributed by atoms with E-state index in [0.717, 1.165) is 12.0 Å². The fourth-order valence-electron chi connectivity index (χ4n) is 3.30. The van der Waals surface area contributed by atoms with Gasteiger partial charge >= 0.3 is 0 Å². The quantitative estimate of drug-likeness (QED) is 0.401. The largest absolute Gasteiger partial charge is 0.492 e. The van der Waals surface area contributed by atoms with Crippen LogP contribution in [0.1, 0.15) is 42.6 Å². The van der Waals surface area contributed by atoms with Gasteiger partial charge in [0.15, 0.2) is 17.3 Å². The smallest absolute Gasteiger partial charge is 0.204 e. The number of rotatable bonds is 8. The minimum absolute atomic E-state index is 0.0708. The molecule has 2 aromatic rings. The van der Waals surface area contributed by atoms with Crippen LogP contribution in [0.2, 0.25) is 0 Å². The van der Waals surface area contributed by atoms with E-state index < -0.39 is 0 Å². The molecule has 2 N–H and O–H groups in total. The van der Waals surface area contributed by atoms with Gasteiger partial charge in [-0.1, -0.05) is 13.3 Å². The molecule has 0 fully saturated rings. The molecule has 1 aliphatic heterocycles. The van der Waals surface area contributed by atoms with Gasteiger partial charge in [0.05, 0.1) is 19.4 Å². The van der Waals surface area contributed by atoms with Crippen LogP contribution in [-0.4, -0.2) is 32.7 Å². The first-order valence-corrected chi connectivity index (χ1v) is 9.83. The molecule has 0 bridgehead atoms. The van der Waals surface area contributed by atoms with E-state index in [-0.39, 0.29) is 5.78 Å². The van der Waals surface area contributed by atoms with Crippen LogP contribution in [-0.2, 0) is 0 Å². The van der Waals surface area contributed by atoms with Crippen molar-refractivity contribution in [2.45, 2.75) is 26.7 Å². The van der Waals surface area contributed by atoms with Crippen LogP contribution >= 0.6 is 0 Å². The molecule has 6 nitrogen and oxygen atoms in total. The number of nitrogens with two attached hydrogens (primary N) is 1. The Hall–Kier alpha value is -3.15. The highest BCUT2D eigenvalue weighted by atomic mass is 16.6. The van der Waals surface area contributed by atoms with Gasteiger partial charge in [-0.3, -0.25) is 4.79 Å². The van der Waals surface area contributed by atoms with Crippen molar-refractivity contribution in [2.24, 2.45) is 0 Å². The number of ketones is 1. The standard InChI is InChI=1S/C23H27NO5/c1-4-6-15(21(25)16-7-9-19(27-5-2)18(24)14-16)13-17-8-10-20-23(22(17)26-3)29-12-11-28-20/h7-10,13-14H,4-6,11-12,24H2,1-3H3/b15-13+. The third kappa shape index (κ3) is 4.47.